The Balaban J connectivity index is 1.34. The highest BCUT2D eigenvalue weighted by molar-refractivity contribution is 5.88. The standard InChI is InChI=1S/C22H21F2N5O2/c1-14(5-16(24)6-15(2)23)18-3-4-28-29(18)20(30)22-10-21(11-22,12-22)13-31-19-9-26-17(7-25)8-27-19/h4-6,8-9,18H,1,3,10-13H2,2H3/b15-6+,16-5+/t18-,21?,22?/m1/s1. The summed E-state index contributed by atoms with van der Waals surface area (Å²) in [7, 11) is 0. The highest BCUT2D eigenvalue weighted by atomic mass is 19.1. The van der Waals surface area contributed by atoms with Crippen LogP contribution in [-0.4, -0.2) is 39.7 Å². The SMILES string of the molecule is C=C(/C=C(F)\C=C(/C)F)[C@H]1CC=NN1C(=O)C12CC(COc3cnc(C#N)cn3)(C1)C2. The van der Waals surface area contributed by atoms with Crippen molar-refractivity contribution in [2.24, 2.45) is 15.9 Å². The lowest BCUT2D eigenvalue weighted by Gasteiger charge is -2.69. The second kappa shape index (κ2) is 7.69. The van der Waals surface area contributed by atoms with Crippen LogP contribution in [0, 0.1) is 22.2 Å². The largest absolute Gasteiger partial charge is 0.476 e. The van der Waals surface area contributed by atoms with Crippen LogP contribution in [0.1, 0.15) is 38.3 Å². The molecule has 1 aliphatic heterocycles. The third-order valence-electron chi connectivity index (χ3n) is 5.99. The number of carbonyl (C=O) groups is 1. The zero-order valence-electron chi connectivity index (χ0n) is 17.0. The monoisotopic (exact) mass is 425 g/mol. The van der Waals surface area contributed by atoms with E-state index in [0.29, 0.717) is 43.7 Å². The molecule has 3 saturated carbocycles. The minimum atomic E-state index is -0.753. The molecule has 1 aromatic heterocycles. The minimum Gasteiger partial charge on any atom is -0.476 e. The molecule has 0 saturated heterocycles. The van der Waals surface area contributed by atoms with Gasteiger partial charge in [-0.3, -0.25) is 4.79 Å². The number of halogens is 2. The van der Waals surface area contributed by atoms with Gasteiger partial charge in [-0.25, -0.2) is 23.8 Å². The lowest BCUT2D eigenvalue weighted by atomic mass is 9.35. The second-order valence-electron chi connectivity index (χ2n) is 8.49. The average molecular weight is 425 g/mol. The van der Waals surface area contributed by atoms with Crippen LogP contribution >= 0.6 is 0 Å². The van der Waals surface area contributed by atoms with Gasteiger partial charge in [0, 0.05) is 24.1 Å². The van der Waals surface area contributed by atoms with E-state index in [1.165, 1.54) is 17.4 Å². The molecule has 2 bridgehead atoms. The van der Waals surface area contributed by atoms with Gasteiger partial charge in [0.15, 0.2) is 5.69 Å². The summed E-state index contributed by atoms with van der Waals surface area (Å²) in [4.78, 5) is 21.1. The second-order valence-corrected chi connectivity index (χ2v) is 8.49. The molecule has 31 heavy (non-hydrogen) atoms. The van der Waals surface area contributed by atoms with Gasteiger partial charge >= 0.3 is 0 Å². The summed E-state index contributed by atoms with van der Waals surface area (Å²) in [6.45, 7) is 5.42. The number of nitriles is 1. The Morgan fingerprint density at radius 3 is 2.71 bits per heavy atom. The maximum absolute atomic E-state index is 13.8. The van der Waals surface area contributed by atoms with Crippen molar-refractivity contribution in [1.29, 1.82) is 5.26 Å². The van der Waals surface area contributed by atoms with Crippen LogP contribution in [0.25, 0.3) is 0 Å². The number of nitrogens with zero attached hydrogens (tertiary/aromatic N) is 5. The van der Waals surface area contributed by atoms with Gasteiger partial charge in [0.1, 0.15) is 11.9 Å². The number of aromatic nitrogens is 2. The van der Waals surface area contributed by atoms with Crippen LogP contribution in [0.5, 0.6) is 5.88 Å². The van der Waals surface area contributed by atoms with E-state index in [2.05, 4.69) is 21.6 Å². The van der Waals surface area contributed by atoms with Crippen molar-refractivity contribution in [2.45, 2.75) is 38.6 Å². The van der Waals surface area contributed by atoms with E-state index in [1.54, 1.807) is 6.21 Å². The molecular weight excluding hydrogens is 404 g/mol. The molecule has 1 atom stereocenters. The van der Waals surface area contributed by atoms with Crippen LogP contribution in [0.15, 0.2) is 53.5 Å². The van der Waals surface area contributed by atoms with Crippen LogP contribution in [-0.2, 0) is 4.79 Å². The first-order valence-electron chi connectivity index (χ1n) is 9.87. The van der Waals surface area contributed by atoms with Crippen LogP contribution < -0.4 is 4.74 Å². The summed E-state index contributed by atoms with van der Waals surface area (Å²) in [6.07, 6.45) is 8.77. The van der Waals surface area contributed by atoms with Gasteiger partial charge in [-0.2, -0.15) is 10.4 Å². The molecule has 4 aliphatic rings. The summed E-state index contributed by atoms with van der Waals surface area (Å²) in [5, 5.41) is 14.3. The quantitative estimate of drug-likeness (QED) is 0.620. The fourth-order valence-corrected chi connectivity index (χ4v) is 4.72. The summed E-state index contributed by atoms with van der Waals surface area (Å²) in [5.41, 5.74) is 0.0361. The topological polar surface area (TPSA) is 91.5 Å². The zero-order chi connectivity index (χ0) is 22.2. The molecule has 2 heterocycles. The number of allylic oxidation sites excluding steroid dienone is 3. The Hall–Kier alpha value is -3.41. The van der Waals surface area contributed by atoms with Gasteiger partial charge in [0.05, 0.1) is 36.3 Å². The average Bonchev–Trinajstić information content (AvgIpc) is 3.15. The van der Waals surface area contributed by atoms with E-state index in [0.717, 1.165) is 19.1 Å². The van der Waals surface area contributed by atoms with Gasteiger partial charge in [0.2, 0.25) is 11.8 Å². The predicted molar refractivity (Wildman–Crippen MR) is 108 cm³/mol. The number of amides is 1. The molecule has 3 aliphatic carbocycles. The molecular formula is C22H21F2N5O2. The Morgan fingerprint density at radius 2 is 2.10 bits per heavy atom. The first kappa shape index (κ1) is 20.8. The highest BCUT2D eigenvalue weighted by Gasteiger charge is 2.73. The van der Waals surface area contributed by atoms with Gasteiger partial charge in [-0.05, 0) is 37.8 Å². The van der Waals surface area contributed by atoms with E-state index in [-0.39, 0.29) is 17.0 Å². The van der Waals surface area contributed by atoms with E-state index in [9.17, 15) is 13.6 Å². The lowest BCUT2D eigenvalue weighted by Crippen LogP contribution is -2.69. The van der Waals surface area contributed by atoms with Crippen LogP contribution in [0.3, 0.4) is 0 Å². The lowest BCUT2D eigenvalue weighted by molar-refractivity contribution is -0.226. The van der Waals surface area contributed by atoms with Gasteiger partial charge in [-0.15, -0.1) is 0 Å². The number of rotatable bonds is 7. The minimum absolute atomic E-state index is 0.0728. The van der Waals surface area contributed by atoms with Crippen molar-refractivity contribution >= 4 is 12.1 Å². The molecule has 3 fully saturated rings. The third kappa shape index (κ3) is 3.85. The van der Waals surface area contributed by atoms with Crippen molar-refractivity contribution < 1.29 is 18.3 Å². The molecule has 0 N–H and O–H groups in total. The Kier molecular flexibility index (Phi) is 5.17. The number of hydrogen-bond acceptors (Lipinski definition) is 6. The van der Waals surface area contributed by atoms with E-state index >= 15 is 0 Å². The Bertz CT molecular complexity index is 1030. The number of hydrazone groups is 1. The summed E-state index contributed by atoms with van der Waals surface area (Å²) >= 11 is 0. The van der Waals surface area contributed by atoms with Crippen molar-refractivity contribution in [1.82, 2.24) is 15.0 Å². The van der Waals surface area contributed by atoms with Crippen molar-refractivity contribution in [3.8, 4) is 11.9 Å². The molecule has 160 valence electrons. The van der Waals surface area contributed by atoms with Crippen molar-refractivity contribution in [3.63, 3.8) is 0 Å². The number of carbonyl (C=O) groups excluding carboxylic acids is 1. The predicted octanol–water partition coefficient (Wildman–Crippen LogP) is 3.77. The number of ether oxygens (including phenoxy) is 1. The molecule has 0 aromatic carbocycles. The first-order chi connectivity index (χ1) is 14.8. The molecule has 9 heteroatoms. The zero-order valence-corrected chi connectivity index (χ0v) is 17.0. The third-order valence-corrected chi connectivity index (χ3v) is 5.99. The first-order valence-corrected chi connectivity index (χ1v) is 9.87. The van der Waals surface area contributed by atoms with Crippen LogP contribution in [0.4, 0.5) is 8.78 Å². The fourth-order valence-electron chi connectivity index (χ4n) is 4.72. The molecule has 5 rings (SSSR count). The Morgan fingerprint density at radius 1 is 1.35 bits per heavy atom. The fraction of sp³-hybridized carbons (Fsp3) is 0.409. The van der Waals surface area contributed by atoms with Gasteiger partial charge < -0.3 is 4.74 Å². The molecule has 1 aromatic rings. The highest BCUT2D eigenvalue weighted by Crippen LogP contribution is 2.74. The van der Waals surface area contributed by atoms with E-state index in [4.69, 9.17) is 10.00 Å². The molecule has 7 nitrogen and oxygen atoms in total. The normalized spacial score (nSPS) is 29.1. The molecule has 0 unspecified atom stereocenters. The summed E-state index contributed by atoms with van der Waals surface area (Å²) in [6, 6.07) is 1.43. The smallest absolute Gasteiger partial charge is 0.249 e. The van der Waals surface area contributed by atoms with Crippen LogP contribution in [0.2, 0.25) is 0 Å². The molecule has 0 radical (unpaired) electrons. The summed E-state index contributed by atoms with van der Waals surface area (Å²) < 4.78 is 32.4. The molecule has 0 spiro atoms. The maximum Gasteiger partial charge on any atom is 0.249 e. The van der Waals surface area contributed by atoms with Crippen molar-refractivity contribution in [3.05, 3.63) is 54.0 Å². The summed E-state index contributed by atoms with van der Waals surface area (Å²) in [5.74, 6) is -1.16. The molecule has 1 amide bonds. The maximum atomic E-state index is 13.8. The van der Waals surface area contributed by atoms with E-state index in [1.807, 2.05) is 6.07 Å². The van der Waals surface area contributed by atoms with Gasteiger partial charge in [-0.1, -0.05) is 6.58 Å². The Labute approximate surface area is 178 Å². The number of hydrogen-bond donors (Lipinski definition) is 0. The van der Waals surface area contributed by atoms with Crippen molar-refractivity contribution in [2.75, 3.05) is 6.61 Å². The van der Waals surface area contributed by atoms with E-state index < -0.39 is 23.1 Å². The van der Waals surface area contributed by atoms with Gasteiger partial charge in [0.25, 0.3) is 0 Å².